The van der Waals surface area contributed by atoms with Crippen LogP contribution in [0, 0.1) is 0 Å². The fourth-order valence-electron chi connectivity index (χ4n) is 3.61. The van der Waals surface area contributed by atoms with Crippen molar-refractivity contribution in [3.05, 3.63) is 54.1 Å². The molecule has 162 valence electrons. The van der Waals surface area contributed by atoms with Gasteiger partial charge < -0.3 is 15.0 Å². The van der Waals surface area contributed by atoms with Gasteiger partial charge in [0.25, 0.3) is 0 Å². The fraction of sp³-hybridized carbons (Fsp3) is 0.400. The van der Waals surface area contributed by atoms with E-state index in [1.807, 2.05) is 30.1 Å². The Balaban J connectivity index is 0.00000210. The number of piperidine rings is 1. The highest BCUT2D eigenvalue weighted by Gasteiger charge is 2.32. The van der Waals surface area contributed by atoms with Gasteiger partial charge in [-0.25, -0.2) is 0 Å². The molecule has 1 aliphatic rings. The second-order valence-corrected chi connectivity index (χ2v) is 7.68. The quantitative estimate of drug-likeness (QED) is 0.537. The molecule has 29 heavy (non-hydrogen) atoms. The summed E-state index contributed by atoms with van der Waals surface area (Å²) < 4.78 is 43.8. The zero-order valence-electron chi connectivity index (χ0n) is 16.1. The molecule has 0 spiro atoms. The Morgan fingerprint density at radius 3 is 2.41 bits per heavy atom. The molecule has 3 rings (SSSR count). The summed E-state index contributed by atoms with van der Waals surface area (Å²) in [4.78, 5) is 2.20. The molecule has 1 aliphatic heterocycles. The minimum absolute atomic E-state index is 0. The lowest BCUT2D eigenvalue weighted by atomic mass is 9.91. The topological polar surface area (TPSA) is 24.5 Å². The van der Waals surface area contributed by atoms with E-state index in [-0.39, 0.29) is 53.6 Å². The molecule has 1 N–H and O–H groups in total. The molecule has 0 aliphatic carbocycles. The maximum Gasteiger partial charge on any atom is 0.446 e. The van der Waals surface area contributed by atoms with Gasteiger partial charge in [0.15, 0.2) is 0 Å². The van der Waals surface area contributed by atoms with E-state index < -0.39 is 5.51 Å². The number of likely N-dealkylation sites (N-methyl/N-ethyl adjacent to an activating group) is 1. The van der Waals surface area contributed by atoms with E-state index in [2.05, 4.69) is 17.4 Å². The zero-order chi connectivity index (χ0) is 19.4. The molecule has 1 fully saturated rings. The van der Waals surface area contributed by atoms with Gasteiger partial charge in [0.05, 0.1) is 18.8 Å². The molecule has 1 heterocycles. The van der Waals surface area contributed by atoms with Crippen molar-refractivity contribution < 1.29 is 17.9 Å². The largest absolute Gasteiger partial charge is 0.495 e. The average Bonchev–Trinajstić information content (AvgIpc) is 2.67. The Bertz CT molecular complexity index is 765. The van der Waals surface area contributed by atoms with E-state index in [1.54, 1.807) is 12.1 Å². The van der Waals surface area contributed by atoms with Crippen molar-refractivity contribution >= 4 is 42.3 Å². The highest BCUT2D eigenvalue weighted by molar-refractivity contribution is 8.00. The number of rotatable bonds is 5. The summed E-state index contributed by atoms with van der Waals surface area (Å²) in [5, 5.41) is 3.56. The van der Waals surface area contributed by atoms with Crippen molar-refractivity contribution in [3.8, 4) is 5.75 Å². The standard InChI is InChI=1S/C20H23F3N2OS.2ClH/c1-25(16-9-6-12-24-19(16)14-7-4-3-5-8-14)17-13-15(27-20(21,22)23)10-11-18(17)26-2;;/h3-5,7-8,10-11,13,16,19,24H,6,9,12H2,1-2H3;2*1H/t16-,19-;;/m1../s1. The summed E-state index contributed by atoms with van der Waals surface area (Å²) in [6.45, 7) is 0.922. The third-order valence-corrected chi connectivity index (χ3v) is 5.57. The van der Waals surface area contributed by atoms with Crippen LogP contribution >= 0.6 is 36.6 Å². The molecule has 9 heteroatoms. The molecule has 0 bridgehead atoms. The number of nitrogens with zero attached hydrogens (tertiary/aromatic N) is 1. The lowest BCUT2D eigenvalue weighted by Gasteiger charge is -2.40. The summed E-state index contributed by atoms with van der Waals surface area (Å²) >= 11 is -0.103. The first-order chi connectivity index (χ1) is 12.9. The predicted octanol–water partition coefficient (Wildman–Crippen LogP) is 6.08. The summed E-state index contributed by atoms with van der Waals surface area (Å²) in [5.41, 5.74) is -2.47. The molecule has 2 aromatic rings. The number of nitrogens with one attached hydrogen (secondary N) is 1. The Morgan fingerprint density at radius 2 is 1.79 bits per heavy atom. The summed E-state index contributed by atoms with van der Waals surface area (Å²) in [5.74, 6) is 0.571. The Kier molecular flexibility index (Phi) is 9.95. The van der Waals surface area contributed by atoms with Gasteiger partial charge in [-0.2, -0.15) is 13.2 Å². The van der Waals surface area contributed by atoms with Gasteiger partial charge in [-0.15, -0.1) is 24.8 Å². The fourth-order valence-corrected chi connectivity index (χ4v) is 4.18. The minimum Gasteiger partial charge on any atom is -0.495 e. The van der Waals surface area contributed by atoms with Gasteiger partial charge in [0, 0.05) is 18.0 Å². The van der Waals surface area contributed by atoms with Gasteiger partial charge in [-0.05, 0) is 54.9 Å². The van der Waals surface area contributed by atoms with Crippen LogP contribution in [0.15, 0.2) is 53.4 Å². The van der Waals surface area contributed by atoms with Crippen LogP contribution in [0.4, 0.5) is 18.9 Å². The highest BCUT2D eigenvalue weighted by Crippen LogP contribution is 2.42. The first kappa shape index (κ1) is 25.8. The van der Waals surface area contributed by atoms with Crippen molar-refractivity contribution in [3.63, 3.8) is 0 Å². The SMILES string of the molecule is COc1ccc(SC(F)(F)F)cc1N(C)[C@@H]1CCCN[C@@H]1c1ccccc1.Cl.Cl. The molecule has 0 saturated carbocycles. The monoisotopic (exact) mass is 468 g/mol. The smallest absolute Gasteiger partial charge is 0.446 e. The Morgan fingerprint density at radius 1 is 1.10 bits per heavy atom. The van der Waals surface area contributed by atoms with E-state index in [1.165, 1.54) is 18.7 Å². The zero-order valence-corrected chi connectivity index (χ0v) is 18.6. The molecule has 0 amide bonds. The number of alkyl halides is 3. The van der Waals surface area contributed by atoms with Crippen LogP contribution in [0.1, 0.15) is 24.4 Å². The predicted molar refractivity (Wildman–Crippen MR) is 118 cm³/mol. The van der Waals surface area contributed by atoms with E-state index in [0.717, 1.165) is 19.4 Å². The van der Waals surface area contributed by atoms with Crippen LogP contribution in [-0.4, -0.2) is 32.3 Å². The number of hydrogen-bond acceptors (Lipinski definition) is 4. The van der Waals surface area contributed by atoms with Crippen LogP contribution < -0.4 is 15.0 Å². The maximum atomic E-state index is 12.8. The molecular formula is C20H25Cl2F3N2OS. The number of thioether (sulfide) groups is 1. The number of ether oxygens (including phenoxy) is 1. The van der Waals surface area contributed by atoms with Crippen LogP contribution in [0.25, 0.3) is 0 Å². The minimum atomic E-state index is -4.32. The van der Waals surface area contributed by atoms with Gasteiger partial charge in [-0.1, -0.05) is 30.3 Å². The van der Waals surface area contributed by atoms with Crippen molar-refractivity contribution in [2.75, 3.05) is 25.6 Å². The first-order valence-electron chi connectivity index (χ1n) is 8.84. The van der Waals surface area contributed by atoms with Crippen molar-refractivity contribution in [2.45, 2.75) is 35.3 Å². The average molecular weight is 469 g/mol. The summed E-state index contributed by atoms with van der Waals surface area (Å²) in [7, 11) is 3.46. The van der Waals surface area contributed by atoms with E-state index in [4.69, 9.17) is 4.74 Å². The molecule has 3 nitrogen and oxygen atoms in total. The lowest BCUT2D eigenvalue weighted by molar-refractivity contribution is -0.0328. The van der Waals surface area contributed by atoms with Gasteiger partial charge in [-0.3, -0.25) is 0 Å². The summed E-state index contributed by atoms with van der Waals surface area (Å²) in [6, 6.07) is 15.0. The molecule has 2 aromatic carbocycles. The molecule has 2 atom stereocenters. The third kappa shape index (κ3) is 6.60. The van der Waals surface area contributed by atoms with Gasteiger partial charge >= 0.3 is 5.51 Å². The Hall–Kier alpha value is -1.28. The number of methoxy groups -OCH3 is 1. The van der Waals surface area contributed by atoms with Gasteiger partial charge in [0.1, 0.15) is 5.75 Å². The number of halogens is 5. The number of hydrogen-bond donors (Lipinski definition) is 1. The Labute approximate surface area is 186 Å². The van der Waals surface area contributed by atoms with Gasteiger partial charge in [0.2, 0.25) is 0 Å². The van der Waals surface area contributed by atoms with E-state index in [0.29, 0.717) is 11.4 Å². The number of benzene rings is 2. The van der Waals surface area contributed by atoms with E-state index in [9.17, 15) is 13.2 Å². The van der Waals surface area contributed by atoms with Crippen molar-refractivity contribution in [1.82, 2.24) is 5.32 Å². The molecular weight excluding hydrogens is 444 g/mol. The van der Waals surface area contributed by atoms with Crippen LogP contribution in [0.5, 0.6) is 5.75 Å². The second kappa shape index (κ2) is 11.2. The highest BCUT2D eigenvalue weighted by atomic mass is 35.5. The third-order valence-electron chi connectivity index (χ3n) is 4.85. The first-order valence-corrected chi connectivity index (χ1v) is 9.65. The van der Waals surface area contributed by atoms with Crippen LogP contribution in [0.3, 0.4) is 0 Å². The number of anilines is 1. The second-order valence-electron chi connectivity index (χ2n) is 6.54. The molecule has 0 radical (unpaired) electrons. The molecule has 0 aromatic heterocycles. The van der Waals surface area contributed by atoms with Crippen LogP contribution in [-0.2, 0) is 0 Å². The van der Waals surface area contributed by atoms with Crippen molar-refractivity contribution in [2.24, 2.45) is 0 Å². The lowest BCUT2D eigenvalue weighted by Crippen LogP contribution is -2.47. The molecule has 0 unspecified atom stereocenters. The van der Waals surface area contributed by atoms with Crippen molar-refractivity contribution in [1.29, 1.82) is 0 Å². The summed E-state index contributed by atoms with van der Waals surface area (Å²) in [6.07, 6.45) is 1.96. The van der Waals surface area contributed by atoms with Crippen LogP contribution in [0.2, 0.25) is 0 Å². The van der Waals surface area contributed by atoms with E-state index >= 15 is 0 Å². The normalized spacial score (nSPS) is 18.9. The maximum absolute atomic E-state index is 12.8. The molecule has 1 saturated heterocycles.